The minimum absolute atomic E-state index is 0.0655. The second-order valence-corrected chi connectivity index (χ2v) is 9.84. The number of ether oxygens (including phenoxy) is 1. The molecule has 8 nitrogen and oxygen atoms in total. The summed E-state index contributed by atoms with van der Waals surface area (Å²) in [5.41, 5.74) is 1.09. The van der Waals surface area contributed by atoms with Gasteiger partial charge in [0.1, 0.15) is 5.82 Å². The van der Waals surface area contributed by atoms with Gasteiger partial charge in [0.2, 0.25) is 16.0 Å². The molecule has 0 bridgehead atoms. The predicted octanol–water partition coefficient (Wildman–Crippen LogP) is 3.81. The molecule has 1 aliphatic carbocycles. The average Bonchev–Trinajstić information content (AvgIpc) is 3.52. The number of nitrogens with one attached hydrogen (secondary N) is 1. The van der Waals surface area contributed by atoms with E-state index in [-0.39, 0.29) is 23.1 Å². The van der Waals surface area contributed by atoms with Gasteiger partial charge >= 0.3 is 12.2 Å². The molecule has 0 spiro atoms. The number of rotatable bonds is 8. The lowest BCUT2D eigenvalue weighted by atomic mass is 10.1. The minimum atomic E-state index is -4.56. The van der Waals surface area contributed by atoms with Crippen molar-refractivity contribution in [1.82, 2.24) is 15.0 Å². The maximum atomic E-state index is 12.7. The Morgan fingerprint density at radius 3 is 2.24 bits per heavy atom. The molecule has 0 radical (unpaired) electrons. The van der Waals surface area contributed by atoms with Gasteiger partial charge in [-0.15, -0.1) is 0 Å². The Kier molecular flexibility index (Phi) is 6.40. The first kappa shape index (κ1) is 24.2. The monoisotopic (exact) mass is 513 g/mol. The zero-order valence-corrected chi connectivity index (χ0v) is 19.1. The zero-order chi connectivity index (χ0) is 24.6. The maximum absolute atomic E-state index is 12.7. The van der Waals surface area contributed by atoms with Crippen molar-refractivity contribution < 1.29 is 26.3 Å². The largest absolute Gasteiger partial charge is 0.454 e. The fourth-order valence-electron chi connectivity index (χ4n) is 3.32. The first-order valence-electron chi connectivity index (χ1n) is 10.0. The number of aromatic nitrogens is 3. The number of nitrogens with zero attached hydrogens (tertiary/aromatic N) is 3. The summed E-state index contributed by atoms with van der Waals surface area (Å²) in [6, 6.07) is 12.4. The number of sulfonamides is 1. The van der Waals surface area contributed by atoms with Gasteiger partial charge in [0.25, 0.3) is 0 Å². The van der Waals surface area contributed by atoms with Crippen LogP contribution >= 0.6 is 11.6 Å². The molecule has 1 aromatic heterocycles. The van der Waals surface area contributed by atoms with Crippen molar-refractivity contribution in [2.45, 2.75) is 35.9 Å². The second-order valence-electron chi connectivity index (χ2n) is 7.84. The van der Waals surface area contributed by atoms with Crippen LogP contribution in [0.25, 0.3) is 0 Å². The number of primary sulfonamides is 1. The van der Waals surface area contributed by atoms with E-state index < -0.39 is 34.4 Å². The van der Waals surface area contributed by atoms with Crippen LogP contribution in [-0.2, 0) is 22.0 Å². The third-order valence-electron chi connectivity index (χ3n) is 5.14. The molecule has 1 fully saturated rings. The molecule has 0 aliphatic heterocycles. The van der Waals surface area contributed by atoms with Crippen LogP contribution in [0.5, 0.6) is 6.01 Å². The molecule has 3 N–H and O–H groups in total. The Labute approximate surface area is 198 Å². The van der Waals surface area contributed by atoms with E-state index in [0.717, 1.165) is 18.4 Å². The molecule has 34 heavy (non-hydrogen) atoms. The number of halogens is 4. The number of benzene rings is 2. The summed E-state index contributed by atoms with van der Waals surface area (Å²) < 4.78 is 65.7. The van der Waals surface area contributed by atoms with Gasteiger partial charge in [0.05, 0.1) is 10.4 Å². The van der Waals surface area contributed by atoms with Gasteiger partial charge < -0.3 is 10.1 Å². The smallest absolute Gasteiger partial charge is 0.422 e. The normalized spacial score (nSPS) is 15.1. The van der Waals surface area contributed by atoms with Gasteiger partial charge in [-0.2, -0.15) is 28.1 Å². The van der Waals surface area contributed by atoms with Gasteiger partial charge in [0.15, 0.2) is 6.61 Å². The van der Waals surface area contributed by atoms with Gasteiger partial charge in [-0.05, 0) is 48.2 Å². The highest BCUT2D eigenvalue weighted by Gasteiger charge is 2.45. The summed E-state index contributed by atoms with van der Waals surface area (Å²) >= 11 is 5.97. The topological polar surface area (TPSA) is 120 Å². The highest BCUT2D eigenvalue weighted by molar-refractivity contribution is 7.89. The molecule has 3 aromatic rings. The highest BCUT2D eigenvalue weighted by atomic mass is 35.5. The van der Waals surface area contributed by atoms with Crippen LogP contribution < -0.4 is 15.2 Å². The van der Waals surface area contributed by atoms with Crippen LogP contribution in [0, 0.1) is 0 Å². The van der Waals surface area contributed by atoms with E-state index in [1.807, 2.05) is 12.1 Å². The molecular weight excluding hydrogens is 495 g/mol. The van der Waals surface area contributed by atoms with E-state index in [1.165, 1.54) is 24.3 Å². The number of hydrogen-bond acceptors (Lipinski definition) is 7. The molecule has 180 valence electrons. The summed E-state index contributed by atoms with van der Waals surface area (Å²) in [7, 11) is -3.86. The van der Waals surface area contributed by atoms with E-state index in [1.54, 1.807) is 12.1 Å². The molecule has 0 saturated heterocycles. The van der Waals surface area contributed by atoms with Crippen molar-refractivity contribution in [1.29, 1.82) is 0 Å². The van der Waals surface area contributed by atoms with Gasteiger partial charge in [-0.1, -0.05) is 35.9 Å². The average molecular weight is 514 g/mol. The number of hydrogen-bond donors (Lipinski definition) is 2. The van der Waals surface area contributed by atoms with Crippen LogP contribution in [0.2, 0.25) is 5.02 Å². The second kappa shape index (κ2) is 9.01. The predicted molar refractivity (Wildman–Crippen MR) is 118 cm³/mol. The Balaban J connectivity index is 1.61. The van der Waals surface area contributed by atoms with Gasteiger partial charge in [0, 0.05) is 11.4 Å². The van der Waals surface area contributed by atoms with Crippen molar-refractivity contribution in [3.63, 3.8) is 0 Å². The summed E-state index contributed by atoms with van der Waals surface area (Å²) in [4.78, 5) is 12.3. The number of anilines is 1. The van der Waals surface area contributed by atoms with E-state index in [9.17, 15) is 21.6 Å². The summed E-state index contributed by atoms with van der Waals surface area (Å²) in [5, 5.41) is 8.88. The maximum Gasteiger partial charge on any atom is 0.422 e. The van der Waals surface area contributed by atoms with E-state index >= 15 is 0 Å². The van der Waals surface area contributed by atoms with E-state index in [2.05, 4.69) is 20.3 Å². The highest BCUT2D eigenvalue weighted by Crippen LogP contribution is 2.48. The standard InChI is InChI=1S/C21H19ClF3N5O3S/c22-15-5-3-14(4-6-15)20(9-10-20)30-18-27-17(28-19(29-18)33-12-21(23,24)25)11-13-1-7-16(8-2-13)34(26,31)32/h1-8H,9-12H2,(H2,26,31,32)(H,27,28,29,30). The van der Waals surface area contributed by atoms with Crippen LogP contribution in [-0.4, -0.2) is 36.2 Å². The molecule has 13 heteroatoms. The third-order valence-corrected chi connectivity index (χ3v) is 6.32. The number of alkyl halides is 3. The van der Waals surface area contributed by atoms with Crippen LogP contribution in [0.3, 0.4) is 0 Å². The first-order chi connectivity index (χ1) is 15.9. The summed E-state index contributed by atoms with van der Waals surface area (Å²) in [6.07, 6.45) is -2.93. The number of nitrogens with two attached hydrogens (primary N) is 1. The van der Waals surface area contributed by atoms with Gasteiger partial charge in [-0.3, -0.25) is 0 Å². The molecule has 1 saturated carbocycles. The Hall–Kier alpha value is -2.96. The molecule has 0 unspecified atom stereocenters. The van der Waals surface area contributed by atoms with E-state index in [4.69, 9.17) is 21.5 Å². The fraction of sp³-hybridized carbons (Fsp3) is 0.286. The van der Waals surface area contributed by atoms with Crippen LogP contribution in [0.15, 0.2) is 53.4 Å². The lowest BCUT2D eigenvalue weighted by Crippen LogP contribution is -2.23. The van der Waals surface area contributed by atoms with Crippen molar-refractivity contribution >= 4 is 27.6 Å². The summed E-state index contributed by atoms with van der Waals surface area (Å²) in [6.45, 7) is -1.55. The molecule has 0 amide bonds. The van der Waals surface area contributed by atoms with Crippen LogP contribution in [0.4, 0.5) is 19.1 Å². The lowest BCUT2D eigenvalue weighted by molar-refractivity contribution is -0.154. The molecule has 1 heterocycles. The molecule has 0 atom stereocenters. The van der Waals surface area contributed by atoms with E-state index in [0.29, 0.717) is 10.6 Å². The van der Waals surface area contributed by atoms with Crippen molar-refractivity contribution in [2.24, 2.45) is 5.14 Å². The molecule has 4 rings (SSSR count). The Morgan fingerprint density at radius 2 is 1.68 bits per heavy atom. The van der Waals surface area contributed by atoms with Gasteiger partial charge in [-0.25, -0.2) is 13.6 Å². The Morgan fingerprint density at radius 1 is 1.03 bits per heavy atom. The molecule has 2 aromatic carbocycles. The zero-order valence-electron chi connectivity index (χ0n) is 17.5. The van der Waals surface area contributed by atoms with Crippen molar-refractivity contribution in [2.75, 3.05) is 11.9 Å². The molecular formula is C21H19ClF3N5O3S. The first-order valence-corrected chi connectivity index (χ1v) is 11.9. The third kappa shape index (κ3) is 6.13. The van der Waals surface area contributed by atoms with Crippen molar-refractivity contribution in [3.05, 3.63) is 70.5 Å². The summed E-state index contributed by atoms with van der Waals surface area (Å²) in [5.74, 6) is 0.209. The quantitative estimate of drug-likeness (QED) is 0.470. The fourth-order valence-corrected chi connectivity index (χ4v) is 3.96. The lowest BCUT2D eigenvalue weighted by Gasteiger charge is -2.19. The van der Waals surface area contributed by atoms with Crippen molar-refractivity contribution in [3.8, 4) is 6.01 Å². The van der Waals surface area contributed by atoms with Crippen LogP contribution in [0.1, 0.15) is 29.8 Å². The molecule has 1 aliphatic rings. The Bertz CT molecular complexity index is 1280. The minimum Gasteiger partial charge on any atom is -0.454 e. The SMILES string of the molecule is NS(=O)(=O)c1ccc(Cc2nc(NC3(c4ccc(Cl)cc4)CC3)nc(OCC(F)(F)F)n2)cc1.